The number of para-hydroxylation sites is 1. The van der Waals surface area contributed by atoms with Crippen LogP contribution in [-0.4, -0.2) is 5.78 Å². The lowest BCUT2D eigenvalue weighted by Crippen LogP contribution is -2.02. The minimum absolute atomic E-state index is 0.0985. The van der Waals surface area contributed by atoms with Crippen molar-refractivity contribution in [2.75, 3.05) is 0 Å². The average Bonchev–Trinajstić information content (AvgIpc) is 2.67. The van der Waals surface area contributed by atoms with Crippen molar-refractivity contribution in [3.05, 3.63) is 107 Å². The zero-order valence-electron chi connectivity index (χ0n) is 13.6. The van der Waals surface area contributed by atoms with Crippen LogP contribution < -0.4 is 4.74 Å². The highest BCUT2D eigenvalue weighted by Crippen LogP contribution is 2.21. The molecule has 0 radical (unpaired) electrons. The van der Waals surface area contributed by atoms with Gasteiger partial charge in [-0.3, -0.25) is 4.79 Å². The Hall–Kier alpha value is -2.84. The molecule has 0 aliphatic rings. The Morgan fingerprint density at radius 1 is 0.880 bits per heavy atom. The lowest BCUT2D eigenvalue weighted by molar-refractivity contribution is 0.104. The van der Waals surface area contributed by atoms with Gasteiger partial charge in [0.1, 0.15) is 12.4 Å². The van der Waals surface area contributed by atoms with Crippen LogP contribution in [0.5, 0.6) is 5.75 Å². The van der Waals surface area contributed by atoms with Crippen LogP contribution in [0.4, 0.5) is 0 Å². The standard InChI is InChI=1S/C22H17ClO2/c23-19-13-10-17(11-14-19)12-15-21(24)20-8-4-5-9-22(20)25-16-18-6-2-1-3-7-18/h1-15H,16H2. The highest BCUT2D eigenvalue weighted by atomic mass is 35.5. The summed E-state index contributed by atoms with van der Waals surface area (Å²) in [4.78, 5) is 12.5. The molecule has 124 valence electrons. The topological polar surface area (TPSA) is 26.3 Å². The predicted octanol–water partition coefficient (Wildman–Crippen LogP) is 5.82. The van der Waals surface area contributed by atoms with Crippen molar-refractivity contribution in [3.8, 4) is 5.75 Å². The molecular formula is C22H17ClO2. The maximum Gasteiger partial charge on any atom is 0.189 e. The van der Waals surface area contributed by atoms with E-state index in [9.17, 15) is 4.79 Å². The molecule has 0 saturated carbocycles. The number of ether oxygens (including phenoxy) is 1. The molecule has 0 fully saturated rings. The normalized spacial score (nSPS) is 10.8. The second-order valence-corrected chi connectivity index (χ2v) is 5.96. The molecule has 3 heteroatoms. The first kappa shape index (κ1) is 17.0. The summed E-state index contributed by atoms with van der Waals surface area (Å²) in [6.07, 6.45) is 3.32. The number of carbonyl (C=O) groups excluding carboxylic acids is 1. The minimum atomic E-state index is -0.0985. The highest BCUT2D eigenvalue weighted by molar-refractivity contribution is 6.30. The Morgan fingerprint density at radius 2 is 1.56 bits per heavy atom. The van der Waals surface area contributed by atoms with Crippen LogP contribution in [0.3, 0.4) is 0 Å². The fraction of sp³-hybridized carbons (Fsp3) is 0.0455. The van der Waals surface area contributed by atoms with E-state index in [1.165, 1.54) is 0 Å². The Morgan fingerprint density at radius 3 is 2.32 bits per heavy atom. The molecule has 0 N–H and O–H groups in total. The summed E-state index contributed by atoms with van der Waals surface area (Å²) in [5.41, 5.74) is 2.52. The van der Waals surface area contributed by atoms with E-state index in [0.717, 1.165) is 11.1 Å². The number of rotatable bonds is 6. The molecule has 0 aliphatic heterocycles. The molecule has 25 heavy (non-hydrogen) atoms. The molecule has 3 aromatic rings. The lowest BCUT2D eigenvalue weighted by atomic mass is 10.1. The van der Waals surface area contributed by atoms with E-state index in [2.05, 4.69) is 0 Å². The maximum atomic E-state index is 12.5. The van der Waals surface area contributed by atoms with Crippen molar-refractivity contribution in [3.63, 3.8) is 0 Å². The quantitative estimate of drug-likeness (QED) is 0.414. The molecule has 3 rings (SSSR count). The summed E-state index contributed by atoms with van der Waals surface area (Å²) in [5, 5.41) is 0.670. The van der Waals surface area contributed by atoms with Crippen molar-refractivity contribution >= 4 is 23.5 Å². The summed E-state index contributed by atoms with van der Waals surface area (Å²) < 4.78 is 5.84. The third kappa shape index (κ3) is 4.82. The highest BCUT2D eigenvalue weighted by Gasteiger charge is 2.09. The van der Waals surface area contributed by atoms with Gasteiger partial charge in [-0.1, -0.05) is 72.3 Å². The molecule has 0 amide bonds. The van der Waals surface area contributed by atoms with Gasteiger partial charge in [0.25, 0.3) is 0 Å². The third-order valence-corrected chi connectivity index (χ3v) is 3.94. The van der Waals surface area contributed by atoms with Crippen molar-refractivity contribution in [1.29, 1.82) is 0 Å². The van der Waals surface area contributed by atoms with E-state index in [-0.39, 0.29) is 5.78 Å². The SMILES string of the molecule is O=C(C=Cc1ccc(Cl)cc1)c1ccccc1OCc1ccccc1. The van der Waals surface area contributed by atoms with Crippen LogP contribution in [0, 0.1) is 0 Å². The number of hydrogen-bond donors (Lipinski definition) is 0. The summed E-state index contributed by atoms with van der Waals surface area (Å²) in [5.74, 6) is 0.482. The summed E-state index contributed by atoms with van der Waals surface area (Å²) in [6.45, 7) is 0.423. The van der Waals surface area contributed by atoms with Crippen molar-refractivity contribution < 1.29 is 9.53 Å². The number of halogens is 1. The second kappa shape index (κ2) is 8.32. The largest absolute Gasteiger partial charge is 0.488 e. The molecule has 2 nitrogen and oxygen atoms in total. The number of hydrogen-bond acceptors (Lipinski definition) is 2. The van der Waals surface area contributed by atoms with Gasteiger partial charge in [0.05, 0.1) is 5.56 Å². The van der Waals surface area contributed by atoms with Gasteiger partial charge in [0, 0.05) is 5.02 Å². The van der Waals surface area contributed by atoms with E-state index in [1.54, 1.807) is 30.4 Å². The van der Waals surface area contributed by atoms with E-state index < -0.39 is 0 Å². The van der Waals surface area contributed by atoms with E-state index in [0.29, 0.717) is 22.9 Å². The number of benzene rings is 3. The van der Waals surface area contributed by atoms with Crippen molar-refractivity contribution in [1.82, 2.24) is 0 Å². The van der Waals surface area contributed by atoms with Crippen LogP contribution in [0.1, 0.15) is 21.5 Å². The molecule has 0 aromatic heterocycles. The van der Waals surface area contributed by atoms with Crippen LogP contribution >= 0.6 is 11.6 Å². The fourth-order valence-corrected chi connectivity index (χ4v) is 2.49. The van der Waals surface area contributed by atoms with Crippen LogP contribution in [0.15, 0.2) is 84.9 Å². The van der Waals surface area contributed by atoms with Crippen molar-refractivity contribution in [2.24, 2.45) is 0 Å². The van der Waals surface area contributed by atoms with Gasteiger partial charge in [-0.2, -0.15) is 0 Å². The Balaban J connectivity index is 1.73. The Bertz CT molecular complexity index is 868. The third-order valence-electron chi connectivity index (χ3n) is 3.69. The van der Waals surface area contributed by atoms with Crippen LogP contribution in [0.2, 0.25) is 5.02 Å². The molecule has 0 saturated heterocycles. The van der Waals surface area contributed by atoms with Gasteiger partial charge in [-0.05, 0) is 41.5 Å². The molecule has 0 atom stereocenters. The number of ketones is 1. The first-order valence-corrected chi connectivity index (χ1v) is 8.34. The van der Waals surface area contributed by atoms with Gasteiger partial charge in [0.15, 0.2) is 5.78 Å². The zero-order valence-corrected chi connectivity index (χ0v) is 14.3. The Kier molecular flexibility index (Phi) is 5.65. The van der Waals surface area contributed by atoms with Gasteiger partial charge in [-0.25, -0.2) is 0 Å². The Labute approximate surface area is 152 Å². The smallest absolute Gasteiger partial charge is 0.189 e. The summed E-state index contributed by atoms with van der Waals surface area (Å²) >= 11 is 5.87. The van der Waals surface area contributed by atoms with E-state index in [1.807, 2.05) is 60.7 Å². The molecule has 0 aliphatic carbocycles. The molecule has 0 bridgehead atoms. The van der Waals surface area contributed by atoms with Gasteiger partial charge in [-0.15, -0.1) is 0 Å². The fourth-order valence-electron chi connectivity index (χ4n) is 2.37. The van der Waals surface area contributed by atoms with Gasteiger partial charge < -0.3 is 4.74 Å². The number of allylic oxidation sites excluding steroid dienone is 1. The van der Waals surface area contributed by atoms with E-state index >= 15 is 0 Å². The molecule has 3 aromatic carbocycles. The van der Waals surface area contributed by atoms with E-state index in [4.69, 9.17) is 16.3 Å². The second-order valence-electron chi connectivity index (χ2n) is 5.52. The van der Waals surface area contributed by atoms with Crippen LogP contribution in [-0.2, 0) is 6.61 Å². The molecular weight excluding hydrogens is 332 g/mol. The maximum absolute atomic E-state index is 12.5. The molecule has 0 spiro atoms. The first-order chi connectivity index (χ1) is 12.2. The summed E-state index contributed by atoms with van der Waals surface area (Å²) in [7, 11) is 0. The lowest BCUT2D eigenvalue weighted by Gasteiger charge is -2.09. The van der Waals surface area contributed by atoms with Crippen LogP contribution in [0.25, 0.3) is 6.08 Å². The average molecular weight is 349 g/mol. The van der Waals surface area contributed by atoms with Gasteiger partial charge >= 0.3 is 0 Å². The number of carbonyl (C=O) groups is 1. The first-order valence-electron chi connectivity index (χ1n) is 7.96. The molecule has 0 unspecified atom stereocenters. The minimum Gasteiger partial charge on any atom is -0.488 e. The summed E-state index contributed by atoms with van der Waals surface area (Å²) in [6, 6.07) is 24.5. The monoisotopic (exact) mass is 348 g/mol. The molecule has 0 heterocycles. The predicted molar refractivity (Wildman–Crippen MR) is 102 cm³/mol. The van der Waals surface area contributed by atoms with Crippen molar-refractivity contribution in [2.45, 2.75) is 6.61 Å². The zero-order chi connectivity index (χ0) is 17.5. The van der Waals surface area contributed by atoms with Gasteiger partial charge in [0.2, 0.25) is 0 Å².